The standard InChI is InChI=1S/C28H35NO.C2H6/c1-21-8-12-23(13-9-21)29(24-14-10-22(11-15-24)28(5,6)7)25-16-18-26(19-17-25)30-20-27(2,3)4;1-2/h8-19H,20H2,1-7H3;1-2H3. The van der Waals surface area contributed by atoms with Crippen LogP contribution >= 0.6 is 0 Å². The maximum atomic E-state index is 5.97. The highest BCUT2D eigenvalue weighted by molar-refractivity contribution is 5.76. The molecule has 0 radical (unpaired) electrons. The van der Waals surface area contributed by atoms with E-state index in [0.717, 1.165) is 22.8 Å². The lowest BCUT2D eigenvalue weighted by molar-refractivity contribution is 0.198. The van der Waals surface area contributed by atoms with Gasteiger partial charge in [0.1, 0.15) is 5.75 Å². The summed E-state index contributed by atoms with van der Waals surface area (Å²) in [5.41, 5.74) is 6.28. The fourth-order valence-corrected chi connectivity index (χ4v) is 3.24. The molecule has 0 heterocycles. The van der Waals surface area contributed by atoms with Gasteiger partial charge < -0.3 is 9.64 Å². The van der Waals surface area contributed by atoms with Crippen molar-refractivity contribution in [2.24, 2.45) is 5.41 Å². The van der Waals surface area contributed by atoms with Gasteiger partial charge in [-0.1, -0.05) is 85.2 Å². The zero-order chi connectivity index (χ0) is 23.9. The monoisotopic (exact) mass is 431 g/mol. The van der Waals surface area contributed by atoms with E-state index in [0.29, 0.717) is 6.61 Å². The average molecular weight is 432 g/mol. The molecule has 3 aromatic rings. The first-order valence-corrected chi connectivity index (χ1v) is 11.7. The number of hydrogen-bond donors (Lipinski definition) is 0. The van der Waals surface area contributed by atoms with Crippen molar-refractivity contribution in [3.05, 3.63) is 83.9 Å². The molecule has 3 aromatic carbocycles. The number of aryl methyl sites for hydroxylation is 1. The van der Waals surface area contributed by atoms with Gasteiger partial charge in [0.2, 0.25) is 0 Å². The second-order valence-electron chi connectivity index (χ2n) is 10.3. The Kier molecular flexibility index (Phi) is 8.55. The maximum Gasteiger partial charge on any atom is 0.119 e. The lowest BCUT2D eigenvalue weighted by Gasteiger charge is -2.27. The third-order valence-electron chi connectivity index (χ3n) is 5.05. The molecule has 0 unspecified atom stereocenters. The minimum atomic E-state index is 0.138. The fourth-order valence-electron chi connectivity index (χ4n) is 3.24. The van der Waals surface area contributed by atoms with Crippen LogP contribution in [0.5, 0.6) is 5.75 Å². The van der Waals surface area contributed by atoms with Crippen molar-refractivity contribution in [2.45, 2.75) is 67.7 Å². The second-order valence-corrected chi connectivity index (χ2v) is 10.3. The summed E-state index contributed by atoms with van der Waals surface area (Å²) in [5, 5.41) is 0. The summed E-state index contributed by atoms with van der Waals surface area (Å²) in [6, 6.07) is 26.0. The Bertz CT molecular complexity index is 940. The summed E-state index contributed by atoms with van der Waals surface area (Å²) < 4.78 is 5.97. The van der Waals surface area contributed by atoms with Crippen LogP contribution in [0.3, 0.4) is 0 Å². The Morgan fingerprint density at radius 1 is 0.625 bits per heavy atom. The van der Waals surface area contributed by atoms with Gasteiger partial charge in [-0.25, -0.2) is 0 Å². The molecule has 0 aliphatic carbocycles. The van der Waals surface area contributed by atoms with Crippen LogP contribution in [0.4, 0.5) is 17.1 Å². The van der Waals surface area contributed by atoms with Crippen molar-refractivity contribution >= 4 is 17.1 Å². The first kappa shape index (κ1) is 25.5. The molecule has 0 saturated heterocycles. The smallest absolute Gasteiger partial charge is 0.119 e. The topological polar surface area (TPSA) is 12.5 Å². The molecule has 0 amide bonds. The van der Waals surface area contributed by atoms with Gasteiger partial charge in [0, 0.05) is 17.1 Å². The molecule has 2 nitrogen and oxygen atoms in total. The van der Waals surface area contributed by atoms with Gasteiger partial charge in [0.25, 0.3) is 0 Å². The van der Waals surface area contributed by atoms with E-state index in [-0.39, 0.29) is 10.8 Å². The molecule has 3 rings (SSSR count). The predicted molar refractivity (Wildman–Crippen MR) is 141 cm³/mol. The fraction of sp³-hybridized carbons (Fsp3) is 0.400. The number of hydrogen-bond acceptors (Lipinski definition) is 2. The molecular weight excluding hydrogens is 390 g/mol. The molecule has 32 heavy (non-hydrogen) atoms. The molecule has 0 spiro atoms. The summed E-state index contributed by atoms with van der Waals surface area (Å²) in [5.74, 6) is 0.903. The van der Waals surface area contributed by atoms with E-state index >= 15 is 0 Å². The zero-order valence-corrected chi connectivity index (χ0v) is 21.5. The summed E-state index contributed by atoms with van der Waals surface area (Å²) in [6.07, 6.45) is 0. The van der Waals surface area contributed by atoms with Crippen LogP contribution in [0.2, 0.25) is 0 Å². The van der Waals surface area contributed by atoms with E-state index < -0.39 is 0 Å². The third kappa shape index (κ3) is 7.15. The molecule has 0 fully saturated rings. The van der Waals surface area contributed by atoms with Crippen LogP contribution in [0.25, 0.3) is 0 Å². The number of benzene rings is 3. The van der Waals surface area contributed by atoms with Gasteiger partial charge >= 0.3 is 0 Å². The maximum absolute atomic E-state index is 5.97. The minimum absolute atomic E-state index is 0.138. The van der Waals surface area contributed by atoms with Gasteiger partial charge in [-0.3, -0.25) is 0 Å². The summed E-state index contributed by atoms with van der Waals surface area (Å²) in [4.78, 5) is 2.29. The van der Waals surface area contributed by atoms with E-state index in [1.807, 2.05) is 13.8 Å². The third-order valence-corrected chi connectivity index (χ3v) is 5.05. The molecule has 0 aliphatic heterocycles. The normalized spacial score (nSPS) is 11.4. The van der Waals surface area contributed by atoms with Crippen molar-refractivity contribution in [2.75, 3.05) is 11.5 Å². The number of ether oxygens (including phenoxy) is 1. The predicted octanol–water partition coefficient (Wildman–Crippen LogP) is 9.21. The quantitative estimate of drug-likeness (QED) is 0.399. The molecule has 0 aromatic heterocycles. The van der Waals surface area contributed by atoms with Gasteiger partial charge in [-0.15, -0.1) is 0 Å². The van der Waals surface area contributed by atoms with E-state index in [4.69, 9.17) is 4.74 Å². The van der Waals surface area contributed by atoms with Crippen molar-refractivity contribution in [3.63, 3.8) is 0 Å². The Balaban J connectivity index is 0.00000176. The highest BCUT2D eigenvalue weighted by Crippen LogP contribution is 2.36. The van der Waals surface area contributed by atoms with E-state index in [9.17, 15) is 0 Å². The molecule has 0 bridgehead atoms. The summed E-state index contributed by atoms with van der Waals surface area (Å²) in [7, 11) is 0. The molecule has 0 N–H and O–H groups in total. The van der Waals surface area contributed by atoms with E-state index in [1.165, 1.54) is 11.1 Å². The molecule has 0 aliphatic rings. The Morgan fingerprint density at radius 2 is 1.03 bits per heavy atom. The molecule has 2 heteroatoms. The largest absolute Gasteiger partial charge is 0.493 e. The number of anilines is 3. The highest BCUT2D eigenvalue weighted by atomic mass is 16.5. The lowest BCUT2D eigenvalue weighted by atomic mass is 9.87. The first-order chi connectivity index (χ1) is 15.0. The number of rotatable bonds is 5. The van der Waals surface area contributed by atoms with E-state index in [2.05, 4.69) is 126 Å². The molecule has 0 atom stereocenters. The van der Waals surface area contributed by atoms with Crippen LogP contribution < -0.4 is 9.64 Å². The number of nitrogens with zero attached hydrogens (tertiary/aromatic N) is 1. The molecule has 172 valence electrons. The molecular formula is C30H41NO. The second kappa shape index (κ2) is 10.7. The SMILES string of the molecule is CC.Cc1ccc(N(c2ccc(OCC(C)(C)C)cc2)c2ccc(C(C)(C)C)cc2)cc1. The first-order valence-electron chi connectivity index (χ1n) is 11.7. The van der Waals surface area contributed by atoms with Crippen LogP contribution in [0.1, 0.15) is 66.5 Å². The average Bonchev–Trinajstić information content (AvgIpc) is 2.75. The van der Waals surface area contributed by atoms with Crippen molar-refractivity contribution in [1.82, 2.24) is 0 Å². The summed E-state index contributed by atoms with van der Waals surface area (Å²) >= 11 is 0. The zero-order valence-electron chi connectivity index (χ0n) is 21.5. The van der Waals surface area contributed by atoms with Gasteiger partial charge in [-0.2, -0.15) is 0 Å². The van der Waals surface area contributed by atoms with Crippen LogP contribution in [0.15, 0.2) is 72.8 Å². The van der Waals surface area contributed by atoms with Crippen molar-refractivity contribution < 1.29 is 4.74 Å². The lowest BCUT2D eigenvalue weighted by Crippen LogP contribution is -2.17. The summed E-state index contributed by atoms with van der Waals surface area (Å²) in [6.45, 7) is 20.1. The Hall–Kier alpha value is -2.74. The molecule has 0 saturated carbocycles. The van der Waals surface area contributed by atoms with Crippen molar-refractivity contribution in [1.29, 1.82) is 0 Å². The minimum Gasteiger partial charge on any atom is -0.493 e. The van der Waals surface area contributed by atoms with Crippen LogP contribution in [0, 0.1) is 12.3 Å². The van der Waals surface area contributed by atoms with Gasteiger partial charge in [0.05, 0.1) is 6.61 Å². The van der Waals surface area contributed by atoms with Gasteiger partial charge in [-0.05, 0) is 71.8 Å². The van der Waals surface area contributed by atoms with E-state index in [1.54, 1.807) is 0 Å². The Morgan fingerprint density at radius 3 is 1.44 bits per heavy atom. The van der Waals surface area contributed by atoms with Crippen molar-refractivity contribution in [3.8, 4) is 5.75 Å². The van der Waals surface area contributed by atoms with Crippen LogP contribution in [-0.2, 0) is 5.41 Å². The van der Waals surface area contributed by atoms with Gasteiger partial charge in [0.15, 0.2) is 0 Å². The highest BCUT2D eigenvalue weighted by Gasteiger charge is 2.17. The van der Waals surface area contributed by atoms with Crippen LogP contribution in [-0.4, -0.2) is 6.61 Å². The Labute approximate surface area is 196 Å².